The highest BCUT2D eigenvalue weighted by Crippen LogP contribution is 2.40. The summed E-state index contributed by atoms with van der Waals surface area (Å²) in [7, 11) is 0. The van der Waals surface area contributed by atoms with Gasteiger partial charge < -0.3 is 14.6 Å². The van der Waals surface area contributed by atoms with Crippen molar-refractivity contribution in [3.8, 4) is 0 Å². The molecule has 0 radical (unpaired) electrons. The molecule has 2 aliphatic heterocycles. The lowest BCUT2D eigenvalue weighted by Crippen LogP contribution is -2.31. The molecule has 0 bridgehead atoms. The van der Waals surface area contributed by atoms with Gasteiger partial charge in [0.1, 0.15) is 0 Å². The fraction of sp³-hybridized carbons (Fsp3) is 0.194. The summed E-state index contributed by atoms with van der Waals surface area (Å²) in [5.74, 6) is 0.0490. The number of aromatic nitrogens is 1. The number of aliphatic hydroxyl groups is 1. The molecule has 2 amide bonds. The van der Waals surface area contributed by atoms with E-state index >= 15 is 0 Å². The van der Waals surface area contributed by atoms with Gasteiger partial charge in [-0.2, -0.15) is 0 Å². The van der Waals surface area contributed by atoms with Crippen LogP contribution in [0.5, 0.6) is 0 Å². The first-order valence-electron chi connectivity index (χ1n) is 12.7. The number of pyridine rings is 1. The van der Waals surface area contributed by atoms with E-state index in [1.807, 2.05) is 54.6 Å². The standard InChI is InChI=1S/C31H26N2O5S/c34-18-20-8-10-21(11-9-20)27-17-24(19-39-28-7-3-4-16-32-28)37-31(38-27)22-12-14-23(15-13-22)33-29(35)25-5-1-2-6-26(25)30(33)36/h1-16,24,27,31,34H,17-19H2/t24-,27+,31+/m1/s1. The van der Waals surface area contributed by atoms with Crippen molar-refractivity contribution in [1.29, 1.82) is 0 Å². The molecule has 7 nitrogen and oxygen atoms in total. The van der Waals surface area contributed by atoms with Gasteiger partial charge in [0.15, 0.2) is 6.29 Å². The molecule has 1 saturated heterocycles. The average molecular weight is 539 g/mol. The number of carbonyl (C=O) groups is 2. The number of hydrogen-bond acceptors (Lipinski definition) is 7. The topological polar surface area (TPSA) is 89.0 Å². The van der Waals surface area contributed by atoms with Crippen molar-refractivity contribution in [1.82, 2.24) is 4.98 Å². The first kappa shape index (κ1) is 25.5. The van der Waals surface area contributed by atoms with E-state index in [0.717, 1.165) is 21.7 Å². The van der Waals surface area contributed by atoms with Gasteiger partial charge in [0, 0.05) is 23.9 Å². The van der Waals surface area contributed by atoms with Gasteiger partial charge in [-0.25, -0.2) is 9.88 Å². The quantitative estimate of drug-likeness (QED) is 0.238. The van der Waals surface area contributed by atoms with Crippen LogP contribution in [0.25, 0.3) is 0 Å². The maximum atomic E-state index is 12.9. The first-order chi connectivity index (χ1) is 19.1. The number of fused-ring (bicyclic) bond motifs is 1. The number of rotatable bonds is 7. The van der Waals surface area contributed by atoms with E-state index in [0.29, 0.717) is 29.0 Å². The Kier molecular flexibility index (Phi) is 7.26. The van der Waals surface area contributed by atoms with Crippen LogP contribution >= 0.6 is 11.8 Å². The second-order valence-corrected chi connectivity index (χ2v) is 10.5. The number of benzene rings is 3. The van der Waals surface area contributed by atoms with Crippen molar-refractivity contribution in [2.75, 3.05) is 10.7 Å². The molecule has 8 heteroatoms. The van der Waals surface area contributed by atoms with Gasteiger partial charge in [0.05, 0.1) is 40.7 Å². The van der Waals surface area contributed by atoms with Crippen LogP contribution in [0.15, 0.2) is 102 Å². The highest BCUT2D eigenvalue weighted by atomic mass is 32.2. The van der Waals surface area contributed by atoms with E-state index < -0.39 is 6.29 Å². The molecule has 3 heterocycles. The Bertz CT molecular complexity index is 1440. The minimum atomic E-state index is -0.633. The molecule has 0 unspecified atom stereocenters. The van der Waals surface area contributed by atoms with Crippen molar-refractivity contribution in [3.05, 3.63) is 125 Å². The number of anilines is 1. The van der Waals surface area contributed by atoms with Gasteiger partial charge >= 0.3 is 0 Å². The van der Waals surface area contributed by atoms with E-state index in [2.05, 4.69) is 4.98 Å². The zero-order valence-electron chi connectivity index (χ0n) is 21.0. The highest BCUT2D eigenvalue weighted by molar-refractivity contribution is 7.99. The van der Waals surface area contributed by atoms with Crippen molar-refractivity contribution < 1.29 is 24.2 Å². The third-order valence-electron chi connectivity index (χ3n) is 6.89. The molecule has 0 saturated carbocycles. The Hall–Kier alpha value is -3.82. The number of ether oxygens (including phenoxy) is 2. The van der Waals surface area contributed by atoms with Gasteiger partial charge in [0.2, 0.25) is 0 Å². The third kappa shape index (κ3) is 5.24. The van der Waals surface area contributed by atoms with Crippen molar-refractivity contribution in [2.45, 2.75) is 36.6 Å². The summed E-state index contributed by atoms with van der Waals surface area (Å²) in [6.07, 6.45) is 1.50. The van der Waals surface area contributed by atoms with Crippen molar-refractivity contribution >= 4 is 29.3 Å². The van der Waals surface area contributed by atoms with Crippen molar-refractivity contribution in [3.63, 3.8) is 0 Å². The number of aliphatic hydroxyl groups excluding tert-OH is 1. The minimum absolute atomic E-state index is 0.0136. The first-order valence-corrected chi connectivity index (χ1v) is 13.7. The van der Waals surface area contributed by atoms with E-state index in [1.165, 1.54) is 4.90 Å². The molecule has 6 rings (SSSR count). The highest BCUT2D eigenvalue weighted by Gasteiger charge is 2.37. The summed E-state index contributed by atoms with van der Waals surface area (Å²) >= 11 is 1.63. The second kappa shape index (κ2) is 11.1. The van der Waals surface area contributed by atoms with Gasteiger partial charge in [-0.05, 0) is 47.5 Å². The summed E-state index contributed by atoms with van der Waals surface area (Å²) in [6.45, 7) is -0.0136. The molecular formula is C31H26N2O5S. The zero-order chi connectivity index (χ0) is 26.8. The van der Waals surface area contributed by atoms with Crippen molar-refractivity contribution in [2.24, 2.45) is 0 Å². The number of hydrogen-bond donors (Lipinski definition) is 1. The van der Waals surface area contributed by atoms with Crippen LogP contribution in [0.4, 0.5) is 5.69 Å². The van der Waals surface area contributed by atoms with Crippen LogP contribution in [0.2, 0.25) is 0 Å². The monoisotopic (exact) mass is 538 g/mol. The SMILES string of the molecule is O=C1c2ccccc2C(=O)N1c1ccc([C@H]2O[C@@H](CSc3ccccn3)C[C@@H](c3ccc(CO)cc3)O2)cc1. The van der Waals surface area contributed by atoms with Gasteiger partial charge in [0.25, 0.3) is 11.8 Å². The number of imide groups is 1. The van der Waals surface area contributed by atoms with Crippen LogP contribution in [0.3, 0.4) is 0 Å². The maximum absolute atomic E-state index is 12.9. The Morgan fingerprint density at radius 3 is 2.13 bits per heavy atom. The summed E-state index contributed by atoms with van der Waals surface area (Å²) in [4.78, 5) is 31.4. The van der Waals surface area contributed by atoms with Gasteiger partial charge in [-0.3, -0.25) is 9.59 Å². The Morgan fingerprint density at radius 1 is 0.821 bits per heavy atom. The predicted molar refractivity (Wildman–Crippen MR) is 147 cm³/mol. The Labute approximate surface area is 230 Å². The van der Waals surface area contributed by atoms with E-state index in [4.69, 9.17) is 9.47 Å². The summed E-state index contributed by atoms with van der Waals surface area (Å²) in [5.41, 5.74) is 3.96. The molecule has 2 aliphatic rings. The smallest absolute Gasteiger partial charge is 0.266 e. The Morgan fingerprint density at radius 2 is 1.49 bits per heavy atom. The second-order valence-electron chi connectivity index (χ2n) is 9.41. The molecule has 1 aromatic heterocycles. The van der Waals surface area contributed by atoms with Crippen LogP contribution < -0.4 is 4.90 Å². The largest absolute Gasteiger partial charge is 0.392 e. The molecule has 3 aromatic carbocycles. The van der Waals surface area contributed by atoms with E-state index in [-0.39, 0.29) is 30.6 Å². The van der Waals surface area contributed by atoms with Crippen LogP contribution in [0, 0.1) is 0 Å². The summed E-state index contributed by atoms with van der Waals surface area (Å²) in [6, 6.07) is 27.6. The molecule has 0 spiro atoms. The summed E-state index contributed by atoms with van der Waals surface area (Å²) < 4.78 is 12.8. The number of amides is 2. The fourth-order valence-corrected chi connectivity index (χ4v) is 5.72. The zero-order valence-corrected chi connectivity index (χ0v) is 21.8. The molecule has 1 N–H and O–H groups in total. The predicted octanol–water partition coefficient (Wildman–Crippen LogP) is 5.71. The van der Waals surface area contributed by atoms with Gasteiger partial charge in [-0.1, -0.05) is 54.6 Å². The maximum Gasteiger partial charge on any atom is 0.266 e. The Balaban J connectivity index is 1.23. The lowest BCUT2D eigenvalue weighted by molar-refractivity contribution is -0.245. The molecule has 196 valence electrons. The van der Waals surface area contributed by atoms with E-state index in [9.17, 15) is 14.7 Å². The lowest BCUT2D eigenvalue weighted by atomic mass is 10.0. The summed E-state index contributed by atoms with van der Waals surface area (Å²) in [5, 5.41) is 10.4. The molecule has 4 aromatic rings. The molecular weight excluding hydrogens is 512 g/mol. The minimum Gasteiger partial charge on any atom is -0.392 e. The molecule has 39 heavy (non-hydrogen) atoms. The fourth-order valence-electron chi connectivity index (χ4n) is 4.84. The van der Waals surface area contributed by atoms with E-state index in [1.54, 1.807) is 54.4 Å². The normalized spacial score (nSPS) is 20.7. The third-order valence-corrected chi connectivity index (χ3v) is 7.96. The molecule has 3 atom stereocenters. The molecule has 1 fully saturated rings. The van der Waals surface area contributed by atoms with Crippen LogP contribution in [0.1, 0.15) is 56.2 Å². The number of carbonyl (C=O) groups excluding carboxylic acids is 2. The molecule has 0 aliphatic carbocycles. The van der Waals surface area contributed by atoms with Crippen LogP contribution in [-0.2, 0) is 16.1 Å². The lowest BCUT2D eigenvalue weighted by Gasteiger charge is -2.36. The van der Waals surface area contributed by atoms with Gasteiger partial charge in [-0.15, -0.1) is 11.8 Å². The van der Waals surface area contributed by atoms with Crippen LogP contribution in [-0.4, -0.2) is 33.8 Å². The number of nitrogens with zero attached hydrogens (tertiary/aromatic N) is 2. The average Bonchev–Trinajstić information content (AvgIpc) is 3.26. The number of thioether (sulfide) groups is 1.